The van der Waals surface area contributed by atoms with E-state index >= 15 is 0 Å². The highest BCUT2D eigenvalue weighted by Crippen LogP contribution is 2.48. The Hall–Kier alpha value is -0.870. The van der Waals surface area contributed by atoms with Gasteiger partial charge in [0.15, 0.2) is 0 Å². The molecule has 0 spiro atoms. The molecule has 0 unspecified atom stereocenters. The van der Waals surface area contributed by atoms with E-state index in [1.165, 1.54) is 0 Å². The molecule has 4 heteroatoms. The van der Waals surface area contributed by atoms with E-state index < -0.39 is 5.54 Å². The van der Waals surface area contributed by atoms with Gasteiger partial charge in [-0.05, 0) is 44.4 Å². The predicted molar refractivity (Wildman–Crippen MR) is 74.4 cm³/mol. The van der Waals surface area contributed by atoms with Crippen LogP contribution >= 0.6 is 15.9 Å². The fourth-order valence-electron chi connectivity index (χ4n) is 2.01. The first-order valence-electron chi connectivity index (χ1n) is 6.09. The van der Waals surface area contributed by atoms with E-state index in [1.807, 2.05) is 38.1 Å². The van der Waals surface area contributed by atoms with E-state index in [2.05, 4.69) is 21.2 Å². The van der Waals surface area contributed by atoms with Gasteiger partial charge in [0.05, 0.1) is 17.6 Å². The molecule has 0 heterocycles. The van der Waals surface area contributed by atoms with Gasteiger partial charge in [-0.3, -0.25) is 4.79 Å². The summed E-state index contributed by atoms with van der Waals surface area (Å²) in [5.74, 6) is 0.0175. The molecule has 0 saturated heterocycles. The van der Waals surface area contributed by atoms with Crippen LogP contribution in [0.4, 0.5) is 0 Å². The Morgan fingerprint density at radius 3 is 2.39 bits per heavy atom. The number of nitrogens with one attached hydrogen (secondary N) is 1. The molecule has 1 aliphatic carbocycles. The lowest BCUT2D eigenvalue weighted by molar-refractivity contribution is -0.125. The van der Waals surface area contributed by atoms with E-state index in [1.54, 1.807) is 0 Å². The van der Waals surface area contributed by atoms with Gasteiger partial charge in [0, 0.05) is 4.47 Å². The number of carbonyl (C=O) groups is 1. The number of amides is 1. The van der Waals surface area contributed by atoms with Gasteiger partial charge < -0.3 is 10.4 Å². The molecule has 0 atom stereocenters. The number of aliphatic hydroxyl groups is 1. The average molecular weight is 312 g/mol. The lowest BCUT2D eigenvalue weighted by Crippen LogP contribution is -2.50. The maximum atomic E-state index is 12.4. The molecule has 0 radical (unpaired) electrons. The smallest absolute Gasteiger partial charge is 0.231 e. The fraction of sp³-hybridized carbons (Fsp3) is 0.500. The highest BCUT2D eigenvalue weighted by Gasteiger charge is 2.52. The Morgan fingerprint density at radius 2 is 1.94 bits per heavy atom. The quantitative estimate of drug-likeness (QED) is 0.897. The Bertz CT molecular complexity index is 449. The number of benzene rings is 1. The highest BCUT2D eigenvalue weighted by molar-refractivity contribution is 9.10. The van der Waals surface area contributed by atoms with E-state index in [4.69, 9.17) is 0 Å². The summed E-state index contributed by atoms with van der Waals surface area (Å²) in [4.78, 5) is 12.4. The summed E-state index contributed by atoms with van der Waals surface area (Å²) in [7, 11) is 0. The van der Waals surface area contributed by atoms with Crippen molar-refractivity contribution in [1.82, 2.24) is 5.32 Å². The zero-order valence-electron chi connectivity index (χ0n) is 10.7. The topological polar surface area (TPSA) is 49.3 Å². The number of hydrogen-bond donors (Lipinski definition) is 2. The molecule has 1 aromatic carbocycles. The van der Waals surface area contributed by atoms with E-state index in [9.17, 15) is 9.90 Å². The molecule has 3 nitrogen and oxygen atoms in total. The van der Waals surface area contributed by atoms with Crippen molar-refractivity contribution < 1.29 is 9.90 Å². The Kier molecular flexibility index (Phi) is 3.52. The van der Waals surface area contributed by atoms with Crippen LogP contribution in [0.3, 0.4) is 0 Å². The summed E-state index contributed by atoms with van der Waals surface area (Å²) < 4.78 is 1.01. The van der Waals surface area contributed by atoms with Gasteiger partial charge in [0.25, 0.3) is 0 Å². The molecule has 2 rings (SSSR count). The van der Waals surface area contributed by atoms with Crippen molar-refractivity contribution in [1.29, 1.82) is 0 Å². The van der Waals surface area contributed by atoms with E-state index in [0.717, 1.165) is 22.9 Å². The standard InChI is InChI=1S/C14H18BrNO2/c1-13(2,9-17)16-12(18)14(7-8-14)10-3-5-11(15)6-4-10/h3-6,17H,7-9H2,1-2H3,(H,16,18). The number of aliphatic hydroxyl groups excluding tert-OH is 1. The summed E-state index contributed by atoms with van der Waals surface area (Å²) in [6.07, 6.45) is 1.75. The molecule has 0 aliphatic heterocycles. The summed E-state index contributed by atoms with van der Waals surface area (Å²) >= 11 is 3.40. The summed E-state index contributed by atoms with van der Waals surface area (Å²) in [5.41, 5.74) is 0.103. The van der Waals surface area contributed by atoms with Crippen LogP contribution in [0.25, 0.3) is 0 Å². The zero-order chi connectivity index (χ0) is 13.4. The molecule has 1 aromatic rings. The largest absolute Gasteiger partial charge is 0.394 e. The minimum atomic E-state index is -0.567. The minimum Gasteiger partial charge on any atom is -0.394 e. The van der Waals surface area contributed by atoms with Gasteiger partial charge in [0.1, 0.15) is 0 Å². The van der Waals surface area contributed by atoms with Gasteiger partial charge in [0.2, 0.25) is 5.91 Å². The number of rotatable bonds is 4. The van der Waals surface area contributed by atoms with Crippen molar-refractivity contribution in [2.45, 2.75) is 37.6 Å². The summed E-state index contributed by atoms with van der Waals surface area (Å²) in [6, 6.07) is 7.89. The Balaban J connectivity index is 2.17. The van der Waals surface area contributed by atoms with Crippen molar-refractivity contribution >= 4 is 21.8 Å². The molecular weight excluding hydrogens is 294 g/mol. The van der Waals surface area contributed by atoms with Gasteiger partial charge in [-0.1, -0.05) is 28.1 Å². The second-order valence-corrected chi connectivity index (χ2v) is 6.50. The van der Waals surface area contributed by atoms with Crippen LogP contribution < -0.4 is 5.32 Å². The SMILES string of the molecule is CC(C)(CO)NC(=O)C1(c2ccc(Br)cc2)CC1. The van der Waals surface area contributed by atoms with Crippen LogP contribution in [0, 0.1) is 0 Å². The molecule has 1 aliphatic rings. The molecular formula is C14H18BrNO2. The van der Waals surface area contributed by atoms with Crippen LogP contribution in [-0.2, 0) is 10.2 Å². The number of carbonyl (C=O) groups excluding carboxylic acids is 1. The second-order valence-electron chi connectivity index (χ2n) is 5.59. The van der Waals surface area contributed by atoms with E-state index in [0.29, 0.717) is 0 Å². The monoisotopic (exact) mass is 311 g/mol. The number of hydrogen-bond acceptors (Lipinski definition) is 2. The first-order chi connectivity index (χ1) is 8.39. The van der Waals surface area contributed by atoms with Crippen LogP contribution in [0.2, 0.25) is 0 Å². The fourth-order valence-corrected chi connectivity index (χ4v) is 2.27. The predicted octanol–water partition coefficient (Wildman–Crippen LogP) is 2.37. The third kappa shape index (κ3) is 2.59. The highest BCUT2D eigenvalue weighted by atomic mass is 79.9. The Labute approximate surface area is 116 Å². The Morgan fingerprint density at radius 1 is 1.39 bits per heavy atom. The van der Waals surface area contributed by atoms with Crippen molar-refractivity contribution in [3.05, 3.63) is 34.3 Å². The van der Waals surface area contributed by atoms with Crippen LogP contribution in [0.5, 0.6) is 0 Å². The average Bonchev–Trinajstić information content (AvgIpc) is 3.11. The van der Waals surface area contributed by atoms with Gasteiger partial charge in [-0.2, -0.15) is 0 Å². The van der Waals surface area contributed by atoms with Gasteiger partial charge >= 0.3 is 0 Å². The van der Waals surface area contributed by atoms with Crippen LogP contribution in [0.1, 0.15) is 32.3 Å². The molecule has 1 amide bonds. The first-order valence-corrected chi connectivity index (χ1v) is 6.88. The maximum absolute atomic E-state index is 12.4. The maximum Gasteiger partial charge on any atom is 0.231 e. The third-order valence-corrected chi connectivity index (χ3v) is 3.96. The molecule has 0 aromatic heterocycles. The lowest BCUT2D eigenvalue weighted by atomic mass is 9.93. The molecule has 98 valence electrons. The summed E-state index contributed by atoms with van der Waals surface area (Å²) in [6.45, 7) is 3.58. The summed E-state index contributed by atoms with van der Waals surface area (Å²) in [5, 5.41) is 12.1. The van der Waals surface area contributed by atoms with Crippen molar-refractivity contribution in [3.8, 4) is 0 Å². The van der Waals surface area contributed by atoms with E-state index in [-0.39, 0.29) is 17.9 Å². The van der Waals surface area contributed by atoms with Crippen molar-refractivity contribution in [3.63, 3.8) is 0 Å². The zero-order valence-corrected chi connectivity index (χ0v) is 12.3. The van der Waals surface area contributed by atoms with Crippen molar-refractivity contribution in [2.75, 3.05) is 6.61 Å². The molecule has 18 heavy (non-hydrogen) atoms. The third-order valence-electron chi connectivity index (χ3n) is 3.43. The molecule has 1 fully saturated rings. The lowest BCUT2D eigenvalue weighted by Gasteiger charge is -2.27. The van der Waals surface area contributed by atoms with Gasteiger partial charge in [-0.15, -0.1) is 0 Å². The number of halogens is 1. The van der Waals surface area contributed by atoms with Crippen LogP contribution in [-0.4, -0.2) is 23.2 Å². The first kappa shape index (κ1) is 13.6. The molecule has 1 saturated carbocycles. The second kappa shape index (κ2) is 4.67. The molecule has 2 N–H and O–H groups in total. The molecule has 0 bridgehead atoms. The van der Waals surface area contributed by atoms with Crippen LogP contribution in [0.15, 0.2) is 28.7 Å². The normalized spacial score (nSPS) is 17.3. The minimum absolute atomic E-state index is 0.0175. The van der Waals surface area contributed by atoms with Crippen molar-refractivity contribution in [2.24, 2.45) is 0 Å². The van der Waals surface area contributed by atoms with Gasteiger partial charge in [-0.25, -0.2) is 0 Å².